The van der Waals surface area contributed by atoms with Crippen molar-refractivity contribution < 1.29 is 14.1 Å². The third-order valence-electron chi connectivity index (χ3n) is 3.64. The Morgan fingerprint density at radius 2 is 2.23 bits per heavy atom. The van der Waals surface area contributed by atoms with E-state index in [1.807, 2.05) is 24.3 Å². The van der Waals surface area contributed by atoms with Gasteiger partial charge >= 0.3 is 5.97 Å². The van der Waals surface area contributed by atoms with Gasteiger partial charge in [-0.15, -0.1) is 0 Å². The first-order chi connectivity index (χ1) is 10.5. The molecule has 8 heteroatoms. The average Bonchev–Trinajstić information content (AvgIpc) is 2.86. The molecular formula is C14H14BrN3O3S. The van der Waals surface area contributed by atoms with Gasteiger partial charge in [-0.1, -0.05) is 22.0 Å². The van der Waals surface area contributed by atoms with Crippen LogP contribution in [0.3, 0.4) is 0 Å². The Balaban J connectivity index is 2.13. The number of nitrogens with zero attached hydrogens (tertiary/aromatic N) is 3. The molecule has 1 aliphatic heterocycles. The van der Waals surface area contributed by atoms with E-state index in [2.05, 4.69) is 21.0 Å². The van der Waals surface area contributed by atoms with Crippen LogP contribution in [0.5, 0.6) is 0 Å². The third kappa shape index (κ3) is 2.73. The molecule has 0 saturated carbocycles. The summed E-state index contributed by atoms with van der Waals surface area (Å²) >= 11 is 3.41. The summed E-state index contributed by atoms with van der Waals surface area (Å²) in [6, 6.07) is 7.56. The van der Waals surface area contributed by atoms with Crippen molar-refractivity contribution >= 4 is 32.9 Å². The van der Waals surface area contributed by atoms with E-state index in [0.29, 0.717) is 25.1 Å². The smallest absolute Gasteiger partial charge is 0.356 e. The van der Waals surface area contributed by atoms with Crippen molar-refractivity contribution in [2.45, 2.75) is 13.0 Å². The van der Waals surface area contributed by atoms with Gasteiger partial charge in [0.2, 0.25) is 0 Å². The highest BCUT2D eigenvalue weighted by molar-refractivity contribution is 9.10. The molecule has 0 saturated heterocycles. The molecule has 1 N–H and O–H groups in total. The Morgan fingerprint density at radius 3 is 2.86 bits per heavy atom. The van der Waals surface area contributed by atoms with Crippen LogP contribution in [0.25, 0.3) is 5.69 Å². The van der Waals surface area contributed by atoms with Crippen molar-refractivity contribution in [1.82, 2.24) is 14.1 Å². The summed E-state index contributed by atoms with van der Waals surface area (Å²) in [4.78, 5) is 11.5. The van der Waals surface area contributed by atoms with E-state index >= 15 is 0 Å². The number of benzene rings is 1. The van der Waals surface area contributed by atoms with Gasteiger partial charge in [-0.05, 0) is 18.2 Å². The third-order valence-corrected chi connectivity index (χ3v) is 5.17. The molecule has 0 aliphatic carbocycles. The first-order valence-corrected chi connectivity index (χ1v) is 8.96. The summed E-state index contributed by atoms with van der Waals surface area (Å²) in [6.07, 6.45) is 2.21. The van der Waals surface area contributed by atoms with Crippen LogP contribution in [0.2, 0.25) is 0 Å². The Morgan fingerprint density at radius 1 is 1.45 bits per heavy atom. The van der Waals surface area contributed by atoms with Crippen molar-refractivity contribution in [3.8, 4) is 5.69 Å². The second-order valence-corrected chi connectivity index (χ2v) is 7.29. The molecule has 2 aromatic rings. The lowest BCUT2D eigenvalue weighted by Crippen LogP contribution is -2.32. The number of rotatable bonds is 3. The maximum Gasteiger partial charge on any atom is 0.356 e. The molecule has 0 spiro atoms. The van der Waals surface area contributed by atoms with E-state index in [-0.39, 0.29) is 5.69 Å². The van der Waals surface area contributed by atoms with Crippen molar-refractivity contribution in [1.29, 1.82) is 0 Å². The zero-order valence-electron chi connectivity index (χ0n) is 11.8. The highest BCUT2D eigenvalue weighted by Gasteiger charge is 2.29. The normalized spacial score (nSPS) is 16.3. The highest BCUT2D eigenvalue weighted by Crippen LogP contribution is 2.27. The van der Waals surface area contributed by atoms with E-state index in [1.165, 1.54) is 0 Å². The van der Waals surface area contributed by atoms with Crippen LogP contribution in [-0.2, 0) is 24.0 Å². The number of hydrogen-bond donors (Lipinski definition) is 1. The van der Waals surface area contributed by atoms with Gasteiger partial charge in [0.05, 0.1) is 22.4 Å². The molecule has 1 atom stereocenters. The molecule has 6 nitrogen and oxygen atoms in total. The predicted molar refractivity (Wildman–Crippen MR) is 86.4 cm³/mol. The van der Waals surface area contributed by atoms with Crippen LogP contribution in [0, 0.1) is 0 Å². The van der Waals surface area contributed by atoms with Crippen LogP contribution in [0.4, 0.5) is 0 Å². The van der Waals surface area contributed by atoms with Crippen LogP contribution < -0.4 is 0 Å². The van der Waals surface area contributed by atoms with E-state index in [4.69, 9.17) is 0 Å². The second-order valence-electron chi connectivity index (χ2n) is 5.01. The van der Waals surface area contributed by atoms with Gasteiger partial charge in [0.1, 0.15) is 0 Å². The molecule has 3 rings (SSSR count). The Labute approximate surface area is 138 Å². The van der Waals surface area contributed by atoms with Crippen molar-refractivity contribution in [3.05, 3.63) is 45.7 Å². The van der Waals surface area contributed by atoms with Gasteiger partial charge in [-0.2, -0.15) is 5.10 Å². The fourth-order valence-electron chi connectivity index (χ4n) is 2.61. The molecule has 116 valence electrons. The first-order valence-electron chi connectivity index (χ1n) is 6.66. The lowest BCUT2D eigenvalue weighted by atomic mass is 10.1. The average molecular weight is 384 g/mol. The standard InChI is InChI=1S/C14H14BrN3O3S/c1-22(21)17-6-5-12-11(8-17)13(14(19)20)16-18(12)10-4-2-3-9(15)7-10/h2-4,7H,5-6,8H2,1H3,(H,19,20). The van der Waals surface area contributed by atoms with E-state index in [1.54, 1.807) is 15.2 Å². The SMILES string of the molecule is CS(=O)N1CCc2c(c(C(=O)O)nn2-c2cccc(Br)c2)C1. The van der Waals surface area contributed by atoms with Gasteiger partial charge in [-0.25, -0.2) is 18.0 Å². The molecule has 0 fully saturated rings. The molecule has 1 aromatic carbocycles. The quantitative estimate of drug-likeness (QED) is 0.878. The summed E-state index contributed by atoms with van der Waals surface area (Å²) in [5.41, 5.74) is 2.36. The Bertz CT molecular complexity index is 775. The molecule has 0 bridgehead atoms. The summed E-state index contributed by atoms with van der Waals surface area (Å²) in [6.45, 7) is 0.961. The van der Waals surface area contributed by atoms with Gasteiger partial charge < -0.3 is 5.11 Å². The fraction of sp³-hybridized carbons (Fsp3) is 0.286. The van der Waals surface area contributed by atoms with E-state index in [0.717, 1.165) is 15.9 Å². The summed E-state index contributed by atoms with van der Waals surface area (Å²) in [7, 11) is -1.12. The van der Waals surface area contributed by atoms with E-state index < -0.39 is 17.0 Å². The van der Waals surface area contributed by atoms with Gasteiger partial charge in [0, 0.05) is 35.8 Å². The van der Waals surface area contributed by atoms with E-state index in [9.17, 15) is 14.1 Å². The van der Waals surface area contributed by atoms with Crippen molar-refractivity contribution in [2.24, 2.45) is 0 Å². The highest BCUT2D eigenvalue weighted by atomic mass is 79.9. The summed E-state index contributed by atoms with van der Waals surface area (Å²) < 4.78 is 16.0. The molecule has 1 aliphatic rings. The monoisotopic (exact) mass is 383 g/mol. The van der Waals surface area contributed by atoms with Crippen LogP contribution in [0.15, 0.2) is 28.7 Å². The van der Waals surface area contributed by atoms with Crippen molar-refractivity contribution in [2.75, 3.05) is 12.8 Å². The number of aromatic nitrogens is 2. The number of carboxylic acid groups (broad SMARTS) is 1. The number of halogens is 1. The van der Waals surface area contributed by atoms with Crippen LogP contribution in [-0.4, -0.2) is 42.2 Å². The van der Waals surface area contributed by atoms with Crippen LogP contribution >= 0.6 is 15.9 Å². The molecule has 1 unspecified atom stereocenters. The predicted octanol–water partition coefficient (Wildman–Crippen LogP) is 1.98. The molecule has 0 radical (unpaired) electrons. The molecule has 2 heterocycles. The lowest BCUT2D eigenvalue weighted by Gasteiger charge is -2.24. The molecule has 22 heavy (non-hydrogen) atoms. The van der Waals surface area contributed by atoms with Gasteiger partial charge in [0.25, 0.3) is 0 Å². The van der Waals surface area contributed by atoms with Crippen LogP contribution in [0.1, 0.15) is 21.7 Å². The number of carbonyl (C=O) groups is 1. The Kier molecular flexibility index (Phi) is 4.16. The lowest BCUT2D eigenvalue weighted by molar-refractivity contribution is 0.0688. The topological polar surface area (TPSA) is 75.4 Å². The van der Waals surface area contributed by atoms with Crippen molar-refractivity contribution in [3.63, 3.8) is 0 Å². The molecule has 1 aromatic heterocycles. The maximum atomic E-state index is 11.7. The Hall–Kier alpha value is -1.51. The summed E-state index contributed by atoms with van der Waals surface area (Å²) in [5, 5.41) is 13.7. The number of carboxylic acids is 1. The zero-order chi connectivity index (χ0) is 15.9. The number of hydrogen-bond acceptors (Lipinski definition) is 3. The fourth-order valence-corrected chi connectivity index (χ4v) is 3.65. The number of fused-ring (bicyclic) bond motifs is 1. The number of aromatic carboxylic acids is 1. The summed E-state index contributed by atoms with van der Waals surface area (Å²) in [5.74, 6) is -1.06. The van der Waals surface area contributed by atoms with Gasteiger partial charge in [-0.3, -0.25) is 0 Å². The van der Waals surface area contributed by atoms with Gasteiger partial charge in [0.15, 0.2) is 5.69 Å². The minimum absolute atomic E-state index is 0.0325. The largest absolute Gasteiger partial charge is 0.476 e. The molecule has 0 amide bonds. The second kappa shape index (κ2) is 5.94. The minimum atomic E-state index is -1.12. The minimum Gasteiger partial charge on any atom is -0.476 e. The maximum absolute atomic E-state index is 11.7. The first kappa shape index (κ1) is 15.4. The molecular weight excluding hydrogens is 370 g/mol. The zero-order valence-corrected chi connectivity index (χ0v) is 14.2.